The Morgan fingerprint density at radius 3 is 2.54 bits per heavy atom. The van der Waals surface area contributed by atoms with Crippen molar-refractivity contribution in [1.82, 2.24) is 5.32 Å². The van der Waals surface area contributed by atoms with Crippen molar-refractivity contribution >= 4 is 46.4 Å². The molecule has 0 unspecified atom stereocenters. The zero-order valence-electron chi connectivity index (χ0n) is 18.4. The largest absolute Gasteiger partial charge is 0.487 e. The van der Waals surface area contributed by atoms with Crippen LogP contribution in [0.15, 0.2) is 60.7 Å². The lowest BCUT2D eigenvalue weighted by molar-refractivity contribution is -0.532. The minimum absolute atomic E-state index is 0.175. The van der Waals surface area contributed by atoms with E-state index in [0.29, 0.717) is 37.6 Å². The van der Waals surface area contributed by atoms with Crippen LogP contribution in [0.25, 0.3) is 0 Å². The molecule has 4 atom stereocenters. The Balaban J connectivity index is 1.46. The van der Waals surface area contributed by atoms with Gasteiger partial charge < -0.3 is 10.1 Å². The number of carbonyl (C=O) groups excluding carboxylic acids is 1. The summed E-state index contributed by atoms with van der Waals surface area (Å²) in [5, 5.41) is 19.8. The topological polar surface area (TPSA) is 93.5 Å². The molecule has 0 saturated carbocycles. The maximum absolute atomic E-state index is 13.1. The lowest BCUT2D eigenvalue weighted by atomic mass is 9.78. The Hall–Kier alpha value is -2.84. The van der Waals surface area contributed by atoms with Crippen molar-refractivity contribution in [3.8, 4) is 5.75 Å². The molecule has 2 heterocycles. The van der Waals surface area contributed by atoms with Gasteiger partial charge in [-0.25, -0.2) is 0 Å². The molecule has 1 saturated heterocycles. The summed E-state index contributed by atoms with van der Waals surface area (Å²) in [6.45, 7) is 2.01. The predicted molar refractivity (Wildman–Crippen MR) is 135 cm³/mol. The number of benzene rings is 3. The van der Waals surface area contributed by atoms with Crippen molar-refractivity contribution in [1.29, 1.82) is 0 Å². The van der Waals surface area contributed by atoms with Crippen molar-refractivity contribution in [2.75, 3.05) is 5.32 Å². The molecule has 180 valence electrons. The molecule has 3 aromatic rings. The molecular formula is C25H20Cl3N3O4. The van der Waals surface area contributed by atoms with Crippen molar-refractivity contribution in [2.24, 2.45) is 0 Å². The molecule has 0 aliphatic carbocycles. The summed E-state index contributed by atoms with van der Waals surface area (Å²) in [5.74, 6) is -0.629. The summed E-state index contributed by atoms with van der Waals surface area (Å²) in [7, 11) is 0. The molecule has 0 radical (unpaired) electrons. The van der Waals surface area contributed by atoms with Gasteiger partial charge in [-0.3, -0.25) is 20.2 Å². The molecular weight excluding hydrogens is 513 g/mol. The molecule has 0 aromatic heterocycles. The molecule has 2 aliphatic heterocycles. The van der Waals surface area contributed by atoms with Crippen LogP contribution in [-0.2, 0) is 16.9 Å². The number of hydrogen-bond donors (Lipinski definition) is 2. The number of hydrogen-bond acceptors (Lipinski definition) is 5. The lowest BCUT2D eigenvalue weighted by Crippen LogP contribution is -2.54. The molecule has 1 fully saturated rings. The zero-order valence-corrected chi connectivity index (χ0v) is 20.7. The van der Waals surface area contributed by atoms with Gasteiger partial charge in [-0.05, 0) is 42.8 Å². The number of fused-ring (bicyclic) bond motifs is 2. The van der Waals surface area contributed by atoms with E-state index in [0.717, 1.165) is 5.56 Å². The van der Waals surface area contributed by atoms with Gasteiger partial charge >= 0.3 is 0 Å². The number of halogens is 3. The second kappa shape index (κ2) is 8.99. The minimum Gasteiger partial charge on any atom is -0.487 e. The van der Waals surface area contributed by atoms with E-state index in [9.17, 15) is 14.9 Å². The molecule has 5 rings (SSSR count). The molecule has 1 amide bonds. The SMILES string of the molecule is C[C@@H]1N[C@]2(C(=O)Nc3ccccc32)[C@H]([N+](=O)[O-])[C@H]1c1ccc(OCc2ccc(Cl)cc2Cl)c(Cl)c1. The monoisotopic (exact) mass is 531 g/mol. The van der Waals surface area contributed by atoms with Crippen LogP contribution in [0.4, 0.5) is 5.69 Å². The molecule has 0 bridgehead atoms. The minimum atomic E-state index is -1.48. The van der Waals surface area contributed by atoms with Crippen LogP contribution >= 0.6 is 34.8 Å². The van der Waals surface area contributed by atoms with E-state index >= 15 is 0 Å². The highest BCUT2D eigenvalue weighted by Gasteiger charge is 2.67. The highest BCUT2D eigenvalue weighted by atomic mass is 35.5. The van der Waals surface area contributed by atoms with Gasteiger partial charge in [-0.1, -0.05) is 65.1 Å². The van der Waals surface area contributed by atoms with Gasteiger partial charge in [0.1, 0.15) is 12.4 Å². The fourth-order valence-corrected chi connectivity index (χ4v) is 5.90. The number of amides is 1. The van der Waals surface area contributed by atoms with E-state index in [4.69, 9.17) is 39.5 Å². The van der Waals surface area contributed by atoms with Crippen molar-refractivity contribution in [3.63, 3.8) is 0 Å². The quantitative estimate of drug-likeness (QED) is 0.320. The highest BCUT2D eigenvalue weighted by molar-refractivity contribution is 6.35. The summed E-state index contributed by atoms with van der Waals surface area (Å²) < 4.78 is 5.85. The van der Waals surface area contributed by atoms with Crippen LogP contribution in [0, 0.1) is 10.1 Å². The number of ether oxygens (including phenoxy) is 1. The third-order valence-electron chi connectivity index (χ3n) is 6.70. The van der Waals surface area contributed by atoms with Gasteiger partial charge in [0.2, 0.25) is 0 Å². The normalized spacial score (nSPS) is 24.9. The van der Waals surface area contributed by atoms with Gasteiger partial charge in [0.05, 0.1) is 10.9 Å². The molecule has 1 spiro atoms. The average Bonchev–Trinajstić information content (AvgIpc) is 3.28. The number of nitrogens with zero attached hydrogens (tertiary/aromatic N) is 1. The summed E-state index contributed by atoms with van der Waals surface area (Å²) in [6, 6.07) is 15.6. The van der Waals surface area contributed by atoms with Gasteiger partial charge in [-0.15, -0.1) is 0 Å². The molecule has 3 aromatic carbocycles. The van der Waals surface area contributed by atoms with Gasteiger partial charge in [0.25, 0.3) is 11.9 Å². The first kappa shape index (κ1) is 23.9. The van der Waals surface area contributed by atoms with E-state index in [2.05, 4.69) is 10.6 Å². The molecule has 10 heteroatoms. The van der Waals surface area contributed by atoms with E-state index in [1.54, 1.807) is 60.7 Å². The fraction of sp³-hybridized carbons (Fsp3) is 0.240. The van der Waals surface area contributed by atoms with Gasteiger partial charge in [0, 0.05) is 37.8 Å². The van der Waals surface area contributed by atoms with Crippen molar-refractivity contribution in [2.45, 2.75) is 37.1 Å². The molecule has 7 nitrogen and oxygen atoms in total. The Morgan fingerprint density at radius 1 is 1.06 bits per heavy atom. The Kier molecular flexibility index (Phi) is 6.13. The number of anilines is 1. The number of nitro groups is 1. The Morgan fingerprint density at radius 2 is 1.83 bits per heavy atom. The second-order valence-corrected chi connectivity index (χ2v) is 9.96. The van der Waals surface area contributed by atoms with E-state index in [1.165, 1.54) is 0 Å². The second-order valence-electron chi connectivity index (χ2n) is 8.71. The lowest BCUT2D eigenvalue weighted by Gasteiger charge is -2.25. The number of rotatable bonds is 5. The standard InChI is InChI=1S/C25H20Cl3N3O4/c1-13-22(23(31(33)34)25(30-13)17-4-2-3-5-20(17)29-24(25)32)14-7-9-21(19(28)10-14)35-12-15-6-8-16(26)11-18(15)27/h2-11,13,22-23,30H,12H2,1H3,(H,29,32)/t13-,22+,23+,25-/m0/s1. The van der Waals surface area contributed by atoms with Gasteiger partial charge in [-0.2, -0.15) is 0 Å². The summed E-state index contributed by atoms with van der Waals surface area (Å²) >= 11 is 18.7. The average molecular weight is 533 g/mol. The van der Waals surface area contributed by atoms with Crippen LogP contribution in [0.3, 0.4) is 0 Å². The maximum Gasteiger partial charge on any atom is 0.256 e. The molecule has 2 aliphatic rings. The van der Waals surface area contributed by atoms with Crippen LogP contribution in [0.5, 0.6) is 5.75 Å². The van der Waals surface area contributed by atoms with Crippen LogP contribution in [0.2, 0.25) is 15.1 Å². The van der Waals surface area contributed by atoms with Crippen LogP contribution in [-0.4, -0.2) is 22.9 Å². The van der Waals surface area contributed by atoms with Gasteiger partial charge in [0.15, 0.2) is 5.54 Å². The molecule has 35 heavy (non-hydrogen) atoms. The third kappa shape index (κ3) is 3.93. The number of para-hydroxylation sites is 1. The van der Waals surface area contributed by atoms with Crippen LogP contribution in [0.1, 0.15) is 29.5 Å². The summed E-state index contributed by atoms with van der Waals surface area (Å²) in [5.41, 5.74) is 1.06. The van der Waals surface area contributed by atoms with E-state index in [1.807, 2.05) is 6.92 Å². The Bertz CT molecular complexity index is 1350. The molecule has 2 N–H and O–H groups in total. The third-order valence-corrected chi connectivity index (χ3v) is 7.58. The first-order chi connectivity index (χ1) is 16.7. The predicted octanol–water partition coefficient (Wildman–Crippen LogP) is 5.79. The van der Waals surface area contributed by atoms with Crippen LogP contribution < -0.4 is 15.4 Å². The summed E-state index contributed by atoms with van der Waals surface area (Å²) in [6.07, 6.45) is 0. The first-order valence-corrected chi connectivity index (χ1v) is 12.0. The Labute approximate surface area is 216 Å². The van der Waals surface area contributed by atoms with E-state index in [-0.39, 0.29) is 17.6 Å². The van der Waals surface area contributed by atoms with E-state index < -0.39 is 23.4 Å². The summed E-state index contributed by atoms with van der Waals surface area (Å²) in [4.78, 5) is 25.2. The fourth-order valence-electron chi connectivity index (χ4n) is 5.19. The highest BCUT2D eigenvalue weighted by Crippen LogP contribution is 2.50. The maximum atomic E-state index is 13.1. The zero-order chi connectivity index (χ0) is 24.9. The number of carbonyl (C=O) groups is 1. The van der Waals surface area contributed by atoms with Crippen molar-refractivity contribution in [3.05, 3.63) is 103 Å². The van der Waals surface area contributed by atoms with Crippen molar-refractivity contribution < 1.29 is 14.5 Å². The smallest absolute Gasteiger partial charge is 0.256 e. The first-order valence-electron chi connectivity index (χ1n) is 10.9. The number of nitrogens with one attached hydrogen (secondary N) is 2.